The quantitative estimate of drug-likeness (QED) is 0.0224. The first-order chi connectivity index (χ1) is 64.8. The van der Waals surface area contributed by atoms with Crippen molar-refractivity contribution in [1.29, 1.82) is 0 Å². The first kappa shape index (κ1) is 100. The Morgan fingerprint density at radius 1 is 0.478 bits per heavy atom. The minimum atomic E-state index is -4.57. The molecule has 0 radical (unpaired) electrons. The summed E-state index contributed by atoms with van der Waals surface area (Å²) >= 11 is 0. The lowest BCUT2D eigenvalue weighted by Gasteiger charge is -2.37. The Hall–Kier alpha value is -13.3. The van der Waals surface area contributed by atoms with Crippen LogP contribution < -0.4 is 45.6 Å². The van der Waals surface area contributed by atoms with Crippen molar-refractivity contribution in [3.63, 3.8) is 0 Å². The number of halogens is 7. The summed E-state index contributed by atoms with van der Waals surface area (Å²) in [7, 11) is -6.82. The van der Waals surface area contributed by atoms with Gasteiger partial charge in [0.1, 0.15) is 29.7 Å². The number of nitrogens with one attached hydrogen (secondary N) is 5. The molecule has 8 aromatic carbocycles. The lowest BCUT2D eigenvalue weighted by atomic mass is 9.83. The fraction of sp³-hybridized carbons (Fsp3) is 0.341. The van der Waals surface area contributed by atoms with E-state index in [2.05, 4.69) is 45.9 Å². The number of alkyl halides is 7. The number of rotatable bonds is 28. The second-order valence-corrected chi connectivity index (χ2v) is 38.0. The number of sulfonamides is 1. The third-order valence-electron chi connectivity index (χ3n) is 22.3. The molecule has 4 saturated heterocycles. The Labute approximate surface area is 776 Å². The van der Waals surface area contributed by atoms with Gasteiger partial charge in [-0.1, -0.05) is 50.2 Å². The monoisotopic (exact) mass is 1940 g/mol. The van der Waals surface area contributed by atoms with Gasteiger partial charge in [0, 0.05) is 156 Å². The second kappa shape index (κ2) is 43.6. The molecule has 4 aromatic heterocycles. The molecule has 12 aromatic rings. The number of imidazole rings is 4. The normalized spacial score (nSPS) is 15.1. The maximum Gasteiger partial charge on any atom is 0.416 e. The lowest BCUT2D eigenvalue weighted by molar-refractivity contribution is -0.137. The molecule has 0 saturated carbocycles. The molecule has 8 heterocycles. The number of nitrogens with zero attached hydrogens (tertiary/aromatic N) is 12. The van der Waals surface area contributed by atoms with E-state index in [-0.39, 0.29) is 131 Å². The predicted octanol–water partition coefficient (Wildman–Crippen LogP) is 11.4. The molecule has 720 valence electrons. The van der Waals surface area contributed by atoms with Crippen LogP contribution in [0.25, 0.3) is 44.1 Å². The van der Waals surface area contributed by atoms with Gasteiger partial charge < -0.3 is 62.3 Å². The van der Waals surface area contributed by atoms with Crippen LogP contribution in [0.3, 0.4) is 0 Å². The molecular formula is C91H96F7N17O18S3. The summed E-state index contributed by atoms with van der Waals surface area (Å²) in [6.45, 7) is 7.87. The fourth-order valence-corrected chi connectivity index (χ4v) is 17.1. The third kappa shape index (κ3) is 24.3. The number of anilines is 8. The van der Waals surface area contributed by atoms with E-state index in [0.29, 0.717) is 146 Å². The molecule has 8 amide bonds. The highest BCUT2D eigenvalue weighted by Gasteiger charge is 2.38. The highest BCUT2D eigenvalue weighted by atomic mass is 32.2. The second-order valence-electron chi connectivity index (χ2n) is 32.3. The predicted molar refractivity (Wildman–Crippen MR) is 495 cm³/mol. The summed E-state index contributed by atoms with van der Waals surface area (Å²) in [5, 5.41) is 29.3. The Bertz CT molecular complexity index is 6790. The van der Waals surface area contributed by atoms with Crippen molar-refractivity contribution in [3.05, 3.63) is 209 Å². The van der Waals surface area contributed by atoms with Crippen molar-refractivity contribution in [1.82, 2.24) is 42.9 Å². The van der Waals surface area contributed by atoms with Gasteiger partial charge in [0.25, 0.3) is 54.2 Å². The number of hydrogen-bond acceptors (Lipinski definition) is 22. The number of carbonyl (C=O) groups excluding carboxylic acids is 8. The van der Waals surface area contributed by atoms with Crippen molar-refractivity contribution in [2.24, 2.45) is 5.41 Å². The van der Waals surface area contributed by atoms with Crippen LogP contribution >= 0.6 is 0 Å². The number of fused-ring (bicyclic) bond motifs is 4. The van der Waals surface area contributed by atoms with Crippen LogP contribution in [-0.4, -0.2) is 227 Å². The molecule has 0 aliphatic carbocycles. The largest absolute Gasteiger partial charge is 0.416 e. The summed E-state index contributed by atoms with van der Waals surface area (Å²) in [5.41, 5.74) is 5.46. The number of amides is 8. The number of carbonyl (C=O) groups is 8. The number of sulfone groups is 1. The van der Waals surface area contributed by atoms with Gasteiger partial charge in [0.2, 0.25) is 39.7 Å². The smallest absolute Gasteiger partial charge is 0.396 e. The number of aliphatic hydroxyl groups excluding tert-OH is 2. The number of hydrogen-bond donors (Lipinski definition) is 7. The van der Waals surface area contributed by atoms with Crippen LogP contribution in [-0.2, 0) is 96.4 Å². The van der Waals surface area contributed by atoms with E-state index in [0.717, 1.165) is 48.9 Å². The van der Waals surface area contributed by atoms with Gasteiger partial charge in [-0.3, -0.25) is 63.8 Å². The maximum absolute atomic E-state index is 13.1. The minimum Gasteiger partial charge on any atom is -0.396 e. The Morgan fingerprint density at radius 2 is 0.831 bits per heavy atom. The number of piperidine rings is 1. The number of aryl methyl sites for hydroxylation is 4. The van der Waals surface area contributed by atoms with Gasteiger partial charge in [-0.25, -0.2) is 59.1 Å². The topological polar surface area (TPSA) is 434 Å². The zero-order valence-corrected chi connectivity index (χ0v) is 76.5. The van der Waals surface area contributed by atoms with E-state index in [1.165, 1.54) is 84.4 Å². The first-order valence-corrected chi connectivity index (χ1v) is 48.0. The van der Waals surface area contributed by atoms with Crippen LogP contribution in [0.2, 0.25) is 0 Å². The van der Waals surface area contributed by atoms with E-state index in [4.69, 9.17) is 14.2 Å². The number of aromatic nitrogens is 8. The minimum absolute atomic E-state index is 0.00772. The van der Waals surface area contributed by atoms with Crippen molar-refractivity contribution in [2.75, 3.05) is 151 Å². The Balaban J connectivity index is 0.000000153. The van der Waals surface area contributed by atoms with Crippen molar-refractivity contribution in [2.45, 2.75) is 89.6 Å². The third-order valence-corrected chi connectivity index (χ3v) is 25.4. The fourth-order valence-electron chi connectivity index (χ4n) is 15.3. The average Bonchev–Trinajstić information content (AvgIpc) is 1.65. The molecule has 1 unspecified atom stereocenters. The first-order valence-electron chi connectivity index (χ1n) is 42.7. The van der Waals surface area contributed by atoms with Gasteiger partial charge in [0.15, 0.2) is 0 Å². The molecule has 4 fully saturated rings. The molecule has 4 aliphatic heterocycles. The number of aliphatic hydroxyl groups is 2. The van der Waals surface area contributed by atoms with Gasteiger partial charge >= 0.3 is 6.18 Å². The lowest BCUT2D eigenvalue weighted by Crippen LogP contribution is -2.46. The summed E-state index contributed by atoms with van der Waals surface area (Å²) in [5.74, 6) is -2.19. The van der Waals surface area contributed by atoms with Crippen LogP contribution in [0.15, 0.2) is 175 Å². The van der Waals surface area contributed by atoms with E-state index < -0.39 is 84.3 Å². The van der Waals surface area contributed by atoms with Crippen LogP contribution in [0.1, 0.15) is 111 Å². The molecule has 136 heavy (non-hydrogen) atoms. The standard InChI is InChI=1S/C25H27F3N4O3.C22H22F2N4O5S.C22H22F2N4O4S.C22H25N5O6S/c1-24(2)10-4-11-31(22(24)35)18-8-9-20-19(15-18)29-23(32(20)12-5-13-33)30-21(34)16-6-3-7-17(14-16)25(26,27)28;1-34(31,32)10-8-28-18-6-5-16(27-7-9-33-13-19(27)29)12-17(18)25-22(28)26-21(30)15-4-2-3-14(11-15)20(23)24;1-33(31)10-8-28-18-6-5-16(27-7-9-32-13-19(27)29)12-17(18)25-22(28)26-21(30)15-4-2-3-14(11-15)20(23)24;1-23-34(31,32)17-5-2-4-15(12-17)21(30)25-22-24-18-13-16(26-9-11-33-14-20(26)29)6-7-19(18)27(22)8-3-10-28/h3,6-9,14-15,33H,4-5,10-13H2,1-2H3,(H,29,30,34);2-6,11-12,20H,7-10,13H2,1H3,(H,25,26,30);2-6,11-12,20H,7-10,13H2,1H3,(H,25,26,30);2,4-7,12-13,23,28H,3,8-11,14H2,1H3,(H,24,25,30). The van der Waals surface area contributed by atoms with Crippen LogP contribution in [0.5, 0.6) is 0 Å². The maximum atomic E-state index is 13.1. The Morgan fingerprint density at radius 3 is 1.18 bits per heavy atom. The zero-order valence-electron chi connectivity index (χ0n) is 74.0. The molecule has 4 aliphatic rings. The van der Waals surface area contributed by atoms with Gasteiger partial charge in [-0.05, 0) is 166 Å². The van der Waals surface area contributed by atoms with Crippen molar-refractivity contribution in [3.8, 4) is 0 Å². The average molecular weight is 1950 g/mol. The summed E-state index contributed by atoms with van der Waals surface area (Å²) in [6, 6.07) is 41.3. The molecular weight excluding hydrogens is 1850 g/mol. The van der Waals surface area contributed by atoms with Crippen LogP contribution in [0.4, 0.5) is 77.3 Å². The van der Waals surface area contributed by atoms with Crippen LogP contribution in [0, 0.1) is 5.41 Å². The molecule has 0 spiro atoms. The molecule has 16 rings (SSSR count). The molecule has 7 N–H and O–H groups in total. The summed E-state index contributed by atoms with van der Waals surface area (Å²) in [6.07, 6.45) is -4.80. The number of benzene rings is 8. The Kier molecular flexibility index (Phi) is 32.1. The zero-order chi connectivity index (χ0) is 97.7. The van der Waals surface area contributed by atoms with Gasteiger partial charge in [-0.15, -0.1) is 0 Å². The van der Waals surface area contributed by atoms with Gasteiger partial charge in [0.05, 0.1) is 80.2 Å². The SMILES string of the molecule is CC1(C)CCCN(c2ccc3c(c2)nc(NC(=O)c2cccc(C(F)(F)F)c2)n3CCCO)C1=O.CNS(=O)(=O)c1cccc(C(=O)Nc2nc3cc(N4CCOCC4=O)ccc3n2CCCO)c1.CS(=O)(=O)CCn1c(NC(=O)c2cccc(C(F)F)c2)nc2cc(N3CCOCC3=O)ccc21.CS(=O)CCn1c(NC(=O)c2cccc(C(F)F)c2)nc2cc(N3CCOCC3=O)ccc21. The highest BCUT2D eigenvalue weighted by molar-refractivity contribution is 7.90. The van der Waals surface area contributed by atoms with E-state index >= 15 is 0 Å². The van der Waals surface area contributed by atoms with E-state index in [1.54, 1.807) is 100 Å². The number of morpholine rings is 3. The van der Waals surface area contributed by atoms with Gasteiger partial charge in [-0.2, -0.15) is 13.2 Å². The molecule has 45 heteroatoms. The highest BCUT2D eigenvalue weighted by Crippen LogP contribution is 2.38. The molecule has 0 bridgehead atoms. The van der Waals surface area contributed by atoms with E-state index in [9.17, 15) is 100 Å². The molecule has 1 atom stereocenters. The summed E-state index contributed by atoms with van der Waals surface area (Å²) in [4.78, 5) is 125. The number of ether oxygens (including phenoxy) is 3. The van der Waals surface area contributed by atoms with Crippen molar-refractivity contribution >= 4 is 169 Å². The van der Waals surface area contributed by atoms with Crippen molar-refractivity contribution < 1.29 is 115 Å². The summed E-state index contributed by atoms with van der Waals surface area (Å²) < 4.78 is 175. The molecule has 35 nitrogen and oxygen atoms in total. The van der Waals surface area contributed by atoms with E-state index in [1.807, 2.05) is 26.0 Å².